The van der Waals surface area contributed by atoms with Crippen LogP contribution in [0.2, 0.25) is 0 Å². The van der Waals surface area contributed by atoms with Crippen molar-refractivity contribution >= 4 is 17.9 Å². The Labute approximate surface area is 392 Å². The lowest BCUT2D eigenvalue weighted by Gasteiger charge is -2.18. The van der Waals surface area contributed by atoms with Crippen molar-refractivity contribution in [1.82, 2.24) is 0 Å². The molecule has 0 saturated heterocycles. The van der Waals surface area contributed by atoms with E-state index in [1.807, 2.05) is 0 Å². The quantitative estimate of drug-likeness (QED) is 0.0262. The molecule has 0 spiro atoms. The Hall–Kier alpha value is -4.19. The Morgan fingerprint density at radius 3 is 1.06 bits per heavy atom. The molecule has 1 unspecified atom stereocenters. The summed E-state index contributed by atoms with van der Waals surface area (Å²) >= 11 is 0. The van der Waals surface area contributed by atoms with Gasteiger partial charge in [0.05, 0.1) is 0 Å². The molecule has 0 aliphatic rings. The molecule has 0 N–H and O–H groups in total. The van der Waals surface area contributed by atoms with E-state index in [2.05, 4.69) is 142 Å². The molecule has 0 bridgehead atoms. The summed E-state index contributed by atoms with van der Waals surface area (Å²) in [4.78, 5) is 37.5. The van der Waals surface area contributed by atoms with Crippen molar-refractivity contribution in [3.63, 3.8) is 0 Å². The number of hydrogen-bond acceptors (Lipinski definition) is 6. The minimum atomic E-state index is -0.803. The van der Waals surface area contributed by atoms with E-state index < -0.39 is 6.10 Å². The largest absolute Gasteiger partial charge is 0.462 e. The summed E-state index contributed by atoms with van der Waals surface area (Å²) < 4.78 is 16.6. The summed E-state index contributed by atoms with van der Waals surface area (Å²) in [7, 11) is 0. The van der Waals surface area contributed by atoms with Gasteiger partial charge in [-0.1, -0.05) is 200 Å². The van der Waals surface area contributed by atoms with Gasteiger partial charge in [-0.25, -0.2) is 0 Å². The summed E-state index contributed by atoms with van der Waals surface area (Å²) in [5.74, 6) is -0.999. The highest BCUT2D eigenvalue weighted by Gasteiger charge is 2.19. The Bertz CT molecular complexity index is 1390. The van der Waals surface area contributed by atoms with E-state index in [1.165, 1.54) is 32.1 Å². The third kappa shape index (κ3) is 48.8. The zero-order valence-corrected chi connectivity index (χ0v) is 41.0. The molecule has 0 radical (unpaired) electrons. The number of esters is 3. The van der Waals surface area contributed by atoms with Gasteiger partial charge in [0.2, 0.25) is 0 Å². The molecule has 0 aromatic carbocycles. The van der Waals surface area contributed by atoms with E-state index in [0.717, 1.165) is 128 Å². The third-order valence-corrected chi connectivity index (χ3v) is 10.2. The normalized spacial score (nSPS) is 13.1. The second kappa shape index (κ2) is 51.4. The SMILES string of the molecule is CC/C=C\C/C=C\C/C=C\C/C=C\C/C=C\C/C=C\C/C=C\C/C=C\C/C=C\CCCC(=O)OCC(COC(=O)CCCCCCC)OC(=O)CCCCCCC/C=C\CCCCC. The van der Waals surface area contributed by atoms with Crippen LogP contribution in [0.5, 0.6) is 0 Å². The van der Waals surface area contributed by atoms with Crippen molar-refractivity contribution in [3.05, 3.63) is 122 Å². The number of rotatable bonds is 44. The van der Waals surface area contributed by atoms with E-state index >= 15 is 0 Å². The maximum absolute atomic E-state index is 12.7. The predicted octanol–water partition coefficient (Wildman–Crippen LogP) is 16.9. The van der Waals surface area contributed by atoms with Gasteiger partial charge in [-0.05, 0) is 109 Å². The van der Waals surface area contributed by atoms with Crippen LogP contribution < -0.4 is 0 Å². The molecule has 0 fully saturated rings. The minimum Gasteiger partial charge on any atom is -0.462 e. The van der Waals surface area contributed by atoms with Crippen molar-refractivity contribution in [1.29, 1.82) is 0 Å². The molecule has 0 aliphatic heterocycles. The number of carbonyl (C=O) groups excluding carboxylic acids is 3. The van der Waals surface area contributed by atoms with Gasteiger partial charge in [-0.15, -0.1) is 0 Å². The zero-order valence-electron chi connectivity index (χ0n) is 41.0. The lowest BCUT2D eigenvalue weighted by molar-refractivity contribution is -0.167. The van der Waals surface area contributed by atoms with Crippen LogP contribution in [0.3, 0.4) is 0 Å². The van der Waals surface area contributed by atoms with Crippen LogP contribution in [-0.2, 0) is 28.6 Å². The van der Waals surface area contributed by atoms with E-state index in [4.69, 9.17) is 14.2 Å². The first-order valence-electron chi connectivity index (χ1n) is 25.5. The number of carbonyl (C=O) groups is 3. The maximum Gasteiger partial charge on any atom is 0.306 e. The topological polar surface area (TPSA) is 78.9 Å². The van der Waals surface area contributed by atoms with Crippen molar-refractivity contribution in [2.75, 3.05) is 13.2 Å². The van der Waals surface area contributed by atoms with Gasteiger partial charge in [-0.3, -0.25) is 14.4 Å². The van der Waals surface area contributed by atoms with Crippen LogP contribution in [0, 0.1) is 0 Å². The summed E-state index contributed by atoms with van der Waals surface area (Å²) in [6, 6.07) is 0. The first-order valence-corrected chi connectivity index (χ1v) is 25.5. The van der Waals surface area contributed by atoms with Gasteiger partial charge in [0.1, 0.15) is 13.2 Å². The average Bonchev–Trinajstić information content (AvgIpc) is 3.29. The Morgan fingerprint density at radius 2 is 0.625 bits per heavy atom. The molecule has 6 nitrogen and oxygen atoms in total. The number of allylic oxidation sites excluding steroid dienone is 20. The molecule has 0 amide bonds. The second-order valence-electron chi connectivity index (χ2n) is 16.3. The summed E-state index contributed by atoms with van der Waals surface area (Å²) in [5, 5.41) is 0. The fourth-order valence-electron chi connectivity index (χ4n) is 6.38. The number of ether oxygens (including phenoxy) is 3. The maximum atomic E-state index is 12.7. The molecule has 64 heavy (non-hydrogen) atoms. The lowest BCUT2D eigenvalue weighted by atomic mass is 10.1. The highest BCUT2D eigenvalue weighted by atomic mass is 16.6. The van der Waals surface area contributed by atoms with E-state index in [9.17, 15) is 14.4 Å². The fourth-order valence-corrected chi connectivity index (χ4v) is 6.38. The standard InChI is InChI=1S/C58H92O6/c1-4-7-10-13-15-17-19-21-22-23-24-25-26-27-28-29-30-31-32-33-34-35-36-37-39-40-42-45-48-51-57(60)63-54-55(53-62-56(59)50-47-44-12-9-6-3)64-58(61)52-49-46-43-41-38-20-18-16-14-11-8-5-2/h7,10,15-18,21-22,24-25,27-28,30-31,33-34,36-37,40,42,55H,4-6,8-9,11-14,19-20,23,26,29,32,35,38-39,41,43-54H2,1-3H3/b10-7-,17-15-,18-16-,22-21-,25-24-,28-27-,31-30-,34-33-,37-36-,42-40-. The van der Waals surface area contributed by atoms with E-state index in [1.54, 1.807) is 0 Å². The Kier molecular flexibility index (Phi) is 48.1. The van der Waals surface area contributed by atoms with Gasteiger partial charge in [-0.2, -0.15) is 0 Å². The predicted molar refractivity (Wildman–Crippen MR) is 274 cm³/mol. The van der Waals surface area contributed by atoms with Crippen LogP contribution in [-0.4, -0.2) is 37.2 Å². The van der Waals surface area contributed by atoms with E-state index in [-0.39, 0.29) is 37.5 Å². The fraction of sp³-hybridized carbons (Fsp3) is 0.603. The smallest absolute Gasteiger partial charge is 0.306 e. The minimum absolute atomic E-state index is 0.103. The van der Waals surface area contributed by atoms with Crippen molar-refractivity contribution in [3.8, 4) is 0 Å². The summed E-state index contributed by atoms with van der Waals surface area (Å²) in [6.07, 6.45) is 70.9. The van der Waals surface area contributed by atoms with Gasteiger partial charge in [0.25, 0.3) is 0 Å². The highest BCUT2D eigenvalue weighted by Crippen LogP contribution is 2.12. The van der Waals surface area contributed by atoms with Gasteiger partial charge >= 0.3 is 17.9 Å². The molecule has 0 saturated carbocycles. The molecule has 360 valence electrons. The molecule has 0 aromatic heterocycles. The number of unbranched alkanes of at least 4 members (excludes halogenated alkanes) is 13. The Balaban J connectivity index is 4.25. The molecular weight excluding hydrogens is 793 g/mol. The average molecular weight is 885 g/mol. The van der Waals surface area contributed by atoms with Gasteiger partial charge < -0.3 is 14.2 Å². The number of hydrogen-bond donors (Lipinski definition) is 0. The molecular formula is C58H92O6. The van der Waals surface area contributed by atoms with E-state index in [0.29, 0.717) is 19.3 Å². The summed E-state index contributed by atoms with van der Waals surface area (Å²) in [6.45, 7) is 6.33. The molecule has 0 rings (SSSR count). The van der Waals surface area contributed by atoms with Gasteiger partial charge in [0, 0.05) is 19.3 Å². The van der Waals surface area contributed by atoms with Crippen LogP contribution in [0.15, 0.2) is 122 Å². The van der Waals surface area contributed by atoms with Crippen molar-refractivity contribution in [2.45, 2.75) is 213 Å². The molecule has 1 atom stereocenters. The van der Waals surface area contributed by atoms with Crippen molar-refractivity contribution < 1.29 is 28.6 Å². The van der Waals surface area contributed by atoms with Crippen LogP contribution in [0.4, 0.5) is 0 Å². The first kappa shape index (κ1) is 59.8. The lowest BCUT2D eigenvalue weighted by Crippen LogP contribution is -2.30. The molecule has 0 heterocycles. The Morgan fingerprint density at radius 1 is 0.328 bits per heavy atom. The monoisotopic (exact) mass is 885 g/mol. The summed E-state index contributed by atoms with van der Waals surface area (Å²) in [5.41, 5.74) is 0. The van der Waals surface area contributed by atoms with Crippen LogP contribution in [0.1, 0.15) is 207 Å². The molecule has 6 heteroatoms. The van der Waals surface area contributed by atoms with Crippen molar-refractivity contribution in [2.24, 2.45) is 0 Å². The second-order valence-corrected chi connectivity index (χ2v) is 16.3. The zero-order chi connectivity index (χ0) is 46.5. The molecule has 0 aromatic rings. The third-order valence-electron chi connectivity index (χ3n) is 10.2. The highest BCUT2D eigenvalue weighted by molar-refractivity contribution is 5.71. The first-order chi connectivity index (χ1) is 31.5. The molecule has 0 aliphatic carbocycles. The van der Waals surface area contributed by atoms with Gasteiger partial charge in [0.15, 0.2) is 6.10 Å². The van der Waals surface area contributed by atoms with Crippen LogP contribution in [0.25, 0.3) is 0 Å². The van der Waals surface area contributed by atoms with Crippen LogP contribution >= 0.6 is 0 Å².